The van der Waals surface area contributed by atoms with Crippen molar-refractivity contribution in [2.75, 3.05) is 13.7 Å². The molecule has 0 aromatic carbocycles. The monoisotopic (exact) mass is 357 g/mol. The third-order valence-electron chi connectivity index (χ3n) is 3.15. The number of amides is 2. The summed E-state index contributed by atoms with van der Waals surface area (Å²) in [5, 5.41) is 5.19. The second-order valence-corrected chi connectivity index (χ2v) is 6.64. The fourth-order valence-corrected chi connectivity index (χ4v) is 1.93. The van der Waals surface area contributed by atoms with Crippen LogP contribution in [0.2, 0.25) is 0 Å². The van der Waals surface area contributed by atoms with Gasteiger partial charge < -0.3 is 25.8 Å². The van der Waals surface area contributed by atoms with Gasteiger partial charge in [-0.25, -0.2) is 9.59 Å². The Hall–Kier alpha value is -2.09. The molecule has 0 aromatic heterocycles. The van der Waals surface area contributed by atoms with Gasteiger partial charge in [-0.2, -0.15) is 0 Å². The largest absolute Gasteiger partial charge is 0.467 e. The van der Waals surface area contributed by atoms with Gasteiger partial charge in [0.25, 0.3) is 0 Å². The highest BCUT2D eigenvalue weighted by molar-refractivity contribution is 5.87. The molecule has 0 aliphatic carbocycles. The molecule has 0 fully saturated rings. The van der Waals surface area contributed by atoms with Crippen molar-refractivity contribution < 1.29 is 23.9 Å². The zero-order chi connectivity index (χ0) is 19.5. The van der Waals surface area contributed by atoms with E-state index >= 15 is 0 Å². The number of nitrogens with two attached hydrogens (primary N) is 1. The Bertz CT molecular complexity index is 460. The van der Waals surface area contributed by atoms with E-state index in [1.165, 1.54) is 13.2 Å². The molecule has 0 aliphatic rings. The molecule has 0 spiro atoms. The average molecular weight is 357 g/mol. The van der Waals surface area contributed by atoms with Crippen LogP contribution in [0.5, 0.6) is 0 Å². The maximum Gasteiger partial charge on any atom is 0.407 e. The van der Waals surface area contributed by atoms with Crippen LogP contribution in [0.3, 0.4) is 0 Å². The number of carbonyl (C=O) groups excluding carboxylic acids is 3. The number of unbranched alkanes of at least 4 members (excludes halogenated alkanes) is 1. The van der Waals surface area contributed by atoms with Gasteiger partial charge in [0.15, 0.2) is 0 Å². The topological polar surface area (TPSA) is 120 Å². The quantitative estimate of drug-likeness (QED) is 0.307. The molecule has 0 rings (SSSR count). The third kappa shape index (κ3) is 11.1. The Morgan fingerprint density at radius 2 is 1.88 bits per heavy atom. The first-order chi connectivity index (χ1) is 11.6. The van der Waals surface area contributed by atoms with Gasteiger partial charge in [-0.05, 0) is 46.5 Å². The summed E-state index contributed by atoms with van der Waals surface area (Å²) in [6.07, 6.45) is 3.06. The van der Waals surface area contributed by atoms with Gasteiger partial charge in [0.2, 0.25) is 5.91 Å². The van der Waals surface area contributed by atoms with Crippen molar-refractivity contribution in [3.8, 4) is 0 Å². The molecule has 8 nitrogen and oxygen atoms in total. The number of methoxy groups -OCH3 is 1. The highest BCUT2D eigenvalue weighted by Gasteiger charge is 2.23. The van der Waals surface area contributed by atoms with Crippen LogP contribution >= 0.6 is 0 Å². The summed E-state index contributed by atoms with van der Waals surface area (Å²) in [4.78, 5) is 35.0. The van der Waals surface area contributed by atoms with Crippen LogP contribution < -0.4 is 16.4 Å². The fraction of sp³-hybridized carbons (Fsp3) is 0.706. The molecule has 0 aliphatic heterocycles. The lowest BCUT2D eigenvalue weighted by molar-refractivity contribution is -0.145. The Balaban J connectivity index is 4.06. The lowest BCUT2D eigenvalue weighted by Crippen LogP contribution is -2.48. The number of carbonyl (C=O) groups is 3. The molecule has 0 unspecified atom stereocenters. The lowest BCUT2D eigenvalue weighted by atomic mass is 10.1. The summed E-state index contributed by atoms with van der Waals surface area (Å²) >= 11 is 0. The van der Waals surface area contributed by atoms with Crippen molar-refractivity contribution in [1.29, 1.82) is 0 Å². The average Bonchev–Trinajstić information content (AvgIpc) is 2.51. The third-order valence-corrected chi connectivity index (χ3v) is 3.15. The van der Waals surface area contributed by atoms with Crippen molar-refractivity contribution in [3.63, 3.8) is 0 Å². The van der Waals surface area contributed by atoms with Crippen LogP contribution in [-0.4, -0.2) is 49.3 Å². The number of hydrogen-bond donors (Lipinski definition) is 3. The number of alkyl carbamates (subject to hydrolysis) is 1. The smallest absolute Gasteiger partial charge is 0.407 e. The van der Waals surface area contributed by atoms with Gasteiger partial charge in [-0.15, -0.1) is 6.58 Å². The highest BCUT2D eigenvalue weighted by Crippen LogP contribution is 2.06. The summed E-state index contributed by atoms with van der Waals surface area (Å²) in [7, 11) is 1.25. The van der Waals surface area contributed by atoms with Crippen molar-refractivity contribution in [3.05, 3.63) is 12.7 Å². The van der Waals surface area contributed by atoms with Gasteiger partial charge in [0, 0.05) is 6.54 Å². The minimum atomic E-state index is -0.783. The van der Waals surface area contributed by atoms with Crippen LogP contribution in [0.25, 0.3) is 0 Å². The minimum Gasteiger partial charge on any atom is -0.467 e. The maximum absolute atomic E-state index is 12.0. The van der Waals surface area contributed by atoms with E-state index in [0.29, 0.717) is 25.8 Å². The number of ether oxygens (including phenoxy) is 2. The second kappa shape index (κ2) is 11.5. The minimum absolute atomic E-state index is 0.269. The van der Waals surface area contributed by atoms with E-state index in [4.69, 9.17) is 10.5 Å². The molecule has 0 radical (unpaired) electrons. The molecule has 2 atom stereocenters. The highest BCUT2D eigenvalue weighted by atomic mass is 16.6. The van der Waals surface area contributed by atoms with Gasteiger partial charge >= 0.3 is 12.1 Å². The van der Waals surface area contributed by atoms with E-state index in [9.17, 15) is 14.4 Å². The molecular formula is C17H31N3O5. The molecule has 0 bridgehead atoms. The lowest BCUT2D eigenvalue weighted by Gasteiger charge is -2.20. The van der Waals surface area contributed by atoms with Crippen LogP contribution in [0.1, 0.15) is 46.5 Å². The summed E-state index contributed by atoms with van der Waals surface area (Å²) in [6, 6.07) is -1.52. The maximum atomic E-state index is 12.0. The zero-order valence-corrected chi connectivity index (χ0v) is 15.6. The molecular weight excluding hydrogens is 326 g/mol. The van der Waals surface area contributed by atoms with Gasteiger partial charge in [0.1, 0.15) is 11.6 Å². The fourth-order valence-electron chi connectivity index (χ4n) is 1.93. The SMILES string of the molecule is C=CC[C@H](NC(=O)[C@H](N)CCCCNC(=O)OC(C)(C)C)C(=O)OC. The Labute approximate surface area is 149 Å². The number of nitrogens with one attached hydrogen (secondary N) is 2. The van der Waals surface area contributed by atoms with Crippen LogP contribution in [0.15, 0.2) is 12.7 Å². The summed E-state index contributed by atoms with van der Waals surface area (Å²) < 4.78 is 9.73. The molecule has 0 saturated carbocycles. The van der Waals surface area contributed by atoms with E-state index in [1.807, 2.05) is 0 Å². The van der Waals surface area contributed by atoms with Gasteiger partial charge in [-0.3, -0.25) is 4.79 Å². The molecule has 8 heteroatoms. The summed E-state index contributed by atoms with van der Waals surface area (Å²) in [5.74, 6) is -0.959. The number of hydrogen-bond acceptors (Lipinski definition) is 6. The predicted octanol–water partition coefficient (Wildman–Crippen LogP) is 1.24. The Morgan fingerprint density at radius 1 is 1.24 bits per heavy atom. The van der Waals surface area contributed by atoms with E-state index < -0.39 is 35.7 Å². The molecule has 144 valence electrons. The standard InChI is InChI=1S/C17H31N3O5/c1-6-9-13(15(22)24-5)20-14(21)12(18)10-7-8-11-19-16(23)25-17(2,3)4/h6,12-13H,1,7-11,18H2,2-5H3,(H,19,23)(H,20,21)/t12-,13+/m1/s1. The Morgan fingerprint density at radius 3 is 2.40 bits per heavy atom. The number of esters is 1. The van der Waals surface area contributed by atoms with E-state index in [2.05, 4.69) is 21.9 Å². The molecule has 4 N–H and O–H groups in total. The molecule has 0 heterocycles. The van der Waals surface area contributed by atoms with Crippen LogP contribution in [0, 0.1) is 0 Å². The van der Waals surface area contributed by atoms with Crippen molar-refractivity contribution in [2.24, 2.45) is 5.73 Å². The van der Waals surface area contributed by atoms with Crippen molar-refractivity contribution in [2.45, 2.75) is 64.1 Å². The van der Waals surface area contributed by atoms with Crippen LogP contribution in [-0.2, 0) is 19.1 Å². The predicted molar refractivity (Wildman–Crippen MR) is 94.8 cm³/mol. The van der Waals surface area contributed by atoms with Crippen molar-refractivity contribution in [1.82, 2.24) is 10.6 Å². The normalized spacial score (nSPS) is 13.3. The first kappa shape index (κ1) is 22.9. The first-order valence-electron chi connectivity index (χ1n) is 8.32. The van der Waals surface area contributed by atoms with Gasteiger partial charge in [-0.1, -0.05) is 6.08 Å². The second-order valence-electron chi connectivity index (χ2n) is 6.64. The summed E-state index contributed by atoms with van der Waals surface area (Å²) in [6.45, 7) is 9.35. The summed E-state index contributed by atoms with van der Waals surface area (Å²) in [5.41, 5.74) is 5.29. The molecule has 0 aromatic rings. The molecule has 25 heavy (non-hydrogen) atoms. The molecule has 2 amide bonds. The molecule has 0 saturated heterocycles. The first-order valence-corrected chi connectivity index (χ1v) is 8.32. The zero-order valence-electron chi connectivity index (χ0n) is 15.6. The van der Waals surface area contributed by atoms with Crippen LogP contribution in [0.4, 0.5) is 4.79 Å². The Kier molecular flexibility index (Phi) is 10.5. The van der Waals surface area contributed by atoms with E-state index in [-0.39, 0.29) is 6.42 Å². The number of rotatable bonds is 10. The van der Waals surface area contributed by atoms with Crippen molar-refractivity contribution >= 4 is 18.0 Å². The van der Waals surface area contributed by atoms with E-state index in [0.717, 1.165) is 0 Å². The van der Waals surface area contributed by atoms with E-state index in [1.54, 1.807) is 20.8 Å². The van der Waals surface area contributed by atoms with Gasteiger partial charge in [0.05, 0.1) is 13.2 Å².